The minimum Gasteiger partial charge on any atom is -0.457 e. The van der Waals surface area contributed by atoms with Crippen LogP contribution in [0, 0.1) is 0 Å². The first-order chi connectivity index (χ1) is 23.3. The number of nitrogens with zero attached hydrogens (tertiary/aromatic N) is 5. The van der Waals surface area contributed by atoms with Crippen LogP contribution < -0.4 is 9.64 Å². The summed E-state index contributed by atoms with van der Waals surface area (Å²) in [7, 11) is 0. The van der Waals surface area contributed by atoms with E-state index in [1.165, 1.54) is 5.56 Å². The van der Waals surface area contributed by atoms with Gasteiger partial charge in [-0.25, -0.2) is 4.98 Å². The maximum atomic E-state index is 13.6. The lowest BCUT2D eigenvalue weighted by Gasteiger charge is -2.24. The molecule has 1 amide bonds. The van der Waals surface area contributed by atoms with Crippen molar-refractivity contribution in [1.29, 1.82) is 0 Å². The molecule has 7 rings (SSSR count). The molecule has 4 aromatic carbocycles. The Hall–Kier alpha value is -5.50. The number of anilines is 1. The first-order valence-corrected chi connectivity index (χ1v) is 16.5. The van der Waals surface area contributed by atoms with Crippen LogP contribution in [0.2, 0.25) is 0 Å². The molecule has 0 radical (unpaired) electrons. The van der Waals surface area contributed by atoms with Gasteiger partial charge in [0.05, 0.1) is 0 Å². The van der Waals surface area contributed by atoms with Gasteiger partial charge in [0.2, 0.25) is 0 Å². The molecule has 2 aromatic heterocycles. The van der Waals surface area contributed by atoms with Gasteiger partial charge in [0, 0.05) is 43.7 Å². The van der Waals surface area contributed by atoms with Crippen LogP contribution in [0.25, 0.3) is 22.4 Å². The standard InChI is InChI=1S/C40H39N5O3/c1-40(2,3)31-20-18-29(19-21-31)39(46)45-23-11-22-44(24-25-45)37-35-36(30-14-10-17-33(27-30)47-32-15-8-5-9-16-32)43-48-38(35)42-34(41-37)26-28-12-6-4-7-13-28/h4-10,12-21,27H,11,22-26H2,1-3H3. The molecule has 0 N–H and O–H groups in total. The third-order valence-electron chi connectivity index (χ3n) is 8.74. The second-order valence-electron chi connectivity index (χ2n) is 13.2. The summed E-state index contributed by atoms with van der Waals surface area (Å²) < 4.78 is 12.1. The second-order valence-corrected chi connectivity index (χ2v) is 13.2. The van der Waals surface area contributed by atoms with Gasteiger partial charge in [0.15, 0.2) is 0 Å². The van der Waals surface area contributed by atoms with Crippen LogP contribution in [-0.2, 0) is 11.8 Å². The lowest BCUT2D eigenvalue weighted by molar-refractivity contribution is 0.0767. The quantitative estimate of drug-likeness (QED) is 0.174. The summed E-state index contributed by atoms with van der Waals surface area (Å²) in [6, 6.07) is 35.7. The van der Waals surface area contributed by atoms with E-state index >= 15 is 0 Å². The highest BCUT2D eigenvalue weighted by molar-refractivity contribution is 5.98. The highest BCUT2D eigenvalue weighted by Crippen LogP contribution is 2.36. The number of amides is 1. The number of benzene rings is 4. The summed E-state index contributed by atoms with van der Waals surface area (Å²) in [5, 5.41) is 5.27. The Balaban J connectivity index is 1.21. The van der Waals surface area contributed by atoms with Gasteiger partial charge in [-0.2, -0.15) is 4.98 Å². The zero-order valence-electron chi connectivity index (χ0n) is 27.6. The predicted molar refractivity (Wildman–Crippen MR) is 189 cm³/mol. The average molecular weight is 638 g/mol. The smallest absolute Gasteiger partial charge is 0.263 e. The third-order valence-corrected chi connectivity index (χ3v) is 8.74. The third kappa shape index (κ3) is 6.79. The van der Waals surface area contributed by atoms with Crippen molar-refractivity contribution in [2.24, 2.45) is 0 Å². The van der Waals surface area contributed by atoms with Crippen molar-refractivity contribution in [2.75, 3.05) is 31.1 Å². The van der Waals surface area contributed by atoms with Crippen molar-refractivity contribution in [3.63, 3.8) is 0 Å². The molecule has 8 nitrogen and oxygen atoms in total. The van der Waals surface area contributed by atoms with Gasteiger partial charge in [0.1, 0.15) is 34.2 Å². The minimum atomic E-state index is 0.0317. The van der Waals surface area contributed by atoms with Gasteiger partial charge in [-0.1, -0.05) is 98.7 Å². The van der Waals surface area contributed by atoms with E-state index in [4.69, 9.17) is 19.2 Å². The molecule has 1 aliphatic rings. The van der Waals surface area contributed by atoms with Gasteiger partial charge in [-0.05, 0) is 59.4 Å². The van der Waals surface area contributed by atoms with Gasteiger partial charge >= 0.3 is 0 Å². The Kier molecular flexibility index (Phi) is 8.63. The zero-order valence-corrected chi connectivity index (χ0v) is 27.6. The molecule has 0 spiro atoms. The molecule has 48 heavy (non-hydrogen) atoms. The number of aromatic nitrogens is 3. The molecule has 1 fully saturated rings. The molecule has 0 atom stereocenters. The molecule has 8 heteroatoms. The molecular formula is C40H39N5O3. The maximum Gasteiger partial charge on any atom is 0.263 e. The monoisotopic (exact) mass is 637 g/mol. The molecule has 1 aliphatic heterocycles. The maximum absolute atomic E-state index is 13.6. The largest absolute Gasteiger partial charge is 0.457 e. The van der Waals surface area contributed by atoms with Crippen LogP contribution in [0.4, 0.5) is 5.82 Å². The number of ether oxygens (including phenoxy) is 1. The molecule has 1 saturated heterocycles. The number of carbonyl (C=O) groups excluding carboxylic acids is 1. The van der Waals surface area contributed by atoms with Crippen molar-refractivity contribution < 1.29 is 14.1 Å². The van der Waals surface area contributed by atoms with Crippen LogP contribution in [0.1, 0.15) is 54.5 Å². The van der Waals surface area contributed by atoms with Crippen molar-refractivity contribution in [3.05, 3.63) is 132 Å². The van der Waals surface area contributed by atoms with Crippen LogP contribution >= 0.6 is 0 Å². The lowest BCUT2D eigenvalue weighted by atomic mass is 9.86. The molecule has 0 saturated carbocycles. The fourth-order valence-corrected chi connectivity index (χ4v) is 6.12. The molecule has 0 unspecified atom stereocenters. The Morgan fingerprint density at radius 1 is 0.792 bits per heavy atom. The second kappa shape index (κ2) is 13.3. The molecule has 0 aliphatic carbocycles. The highest BCUT2D eigenvalue weighted by atomic mass is 16.5. The predicted octanol–water partition coefficient (Wildman–Crippen LogP) is 8.32. The lowest BCUT2D eigenvalue weighted by Crippen LogP contribution is -2.35. The number of hydrogen-bond acceptors (Lipinski definition) is 7. The Morgan fingerprint density at radius 2 is 1.52 bits per heavy atom. The van der Waals surface area contributed by atoms with E-state index in [9.17, 15) is 4.79 Å². The van der Waals surface area contributed by atoms with Crippen LogP contribution in [0.5, 0.6) is 11.5 Å². The number of para-hydroxylation sites is 1. The van der Waals surface area contributed by atoms with E-state index in [1.807, 2.05) is 89.8 Å². The topological polar surface area (TPSA) is 84.6 Å². The van der Waals surface area contributed by atoms with Gasteiger partial charge < -0.3 is 19.1 Å². The van der Waals surface area contributed by atoms with E-state index in [0.29, 0.717) is 54.6 Å². The van der Waals surface area contributed by atoms with Crippen molar-refractivity contribution in [2.45, 2.75) is 39.0 Å². The van der Waals surface area contributed by atoms with Crippen LogP contribution in [0.15, 0.2) is 114 Å². The first-order valence-electron chi connectivity index (χ1n) is 16.5. The molecule has 242 valence electrons. The normalized spacial score (nSPS) is 13.8. The van der Waals surface area contributed by atoms with Crippen LogP contribution in [-0.4, -0.2) is 52.1 Å². The van der Waals surface area contributed by atoms with E-state index in [2.05, 4.69) is 55.1 Å². The average Bonchev–Trinajstić information content (AvgIpc) is 3.37. The summed E-state index contributed by atoms with van der Waals surface area (Å²) in [5.74, 6) is 2.92. The van der Waals surface area contributed by atoms with Gasteiger partial charge in [-0.3, -0.25) is 4.79 Å². The van der Waals surface area contributed by atoms with E-state index in [1.54, 1.807) is 0 Å². The molecular weight excluding hydrogens is 598 g/mol. The Bertz CT molecular complexity index is 2020. The van der Waals surface area contributed by atoms with Gasteiger partial charge in [-0.15, -0.1) is 0 Å². The number of fused-ring (bicyclic) bond motifs is 1. The fraction of sp³-hybridized carbons (Fsp3) is 0.250. The zero-order chi connectivity index (χ0) is 33.1. The summed E-state index contributed by atoms with van der Waals surface area (Å²) in [4.78, 5) is 27.8. The molecule has 3 heterocycles. The number of hydrogen-bond donors (Lipinski definition) is 0. The summed E-state index contributed by atoms with van der Waals surface area (Å²) in [5.41, 5.74) is 5.00. The Labute approximate surface area is 281 Å². The Morgan fingerprint density at radius 3 is 2.27 bits per heavy atom. The highest BCUT2D eigenvalue weighted by Gasteiger charge is 2.27. The summed E-state index contributed by atoms with van der Waals surface area (Å²) >= 11 is 0. The van der Waals surface area contributed by atoms with E-state index in [-0.39, 0.29) is 11.3 Å². The summed E-state index contributed by atoms with van der Waals surface area (Å²) in [6.07, 6.45) is 1.36. The molecule has 0 bridgehead atoms. The fourth-order valence-electron chi connectivity index (χ4n) is 6.12. The van der Waals surface area contributed by atoms with E-state index in [0.717, 1.165) is 41.0 Å². The number of rotatable bonds is 7. The first kappa shape index (κ1) is 31.1. The van der Waals surface area contributed by atoms with Crippen molar-refractivity contribution in [3.8, 4) is 22.8 Å². The van der Waals surface area contributed by atoms with Crippen molar-refractivity contribution >= 4 is 22.8 Å². The van der Waals surface area contributed by atoms with Crippen molar-refractivity contribution in [1.82, 2.24) is 20.0 Å². The number of carbonyl (C=O) groups is 1. The van der Waals surface area contributed by atoms with Gasteiger partial charge in [0.25, 0.3) is 11.6 Å². The van der Waals surface area contributed by atoms with Crippen LogP contribution in [0.3, 0.4) is 0 Å². The molecule has 6 aromatic rings. The summed E-state index contributed by atoms with van der Waals surface area (Å²) in [6.45, 7) is 9.11. The SMILES string of the molecule is CC(C)(C)c1ccc(C(=O)N2CCCN(c3nc(Cc4ccccc4)nc4onc(-c5cccc(Oc6ccccc6)c5)c34)CC2)cc1. The minimum absolute atomic E-state index is 0.0317. The van der Waals surface area contributed by atoms with E-state index < -0.39 is 0 Å².